The standard InChI is InChI=1S/C7H11N3S/c1-5-7(11-10-9-5)2-6-3-8-4-6/h6,8H,2-4H2,1H3. The van der Waals surface area contributed by atoms with Crippen LogP contribution in [-0.4, -0.2) is 22.7 Å². The van der Waals surface area contributed by atoms with E-state index in [9.17, 15) is 0 Å². The van der Waals surface area contributed by atoms with Gasteiger partial charge in [0.2, 0.25) is 0 Å². The third-order valence-corrected chi connectivity index (χ3v) is 2.93. The van der Waals surface area contributed by atoms with E-state index in [1.807, 2.05) is 6.92 Å². The smallest absolute Gasteiger partial charge is 0.0756 e. The van der Waals surface area contributed by atoms with Crippen LogP contribution in [0.4, 0.5) is 0 Å². The minimum absolute atomic E-state index is 0.830. The van der Waals surface area contributed by atoms with Gasteiger partial charge in [0.1, 0.15) is 0 Å². The summed E-state index contributed by atoms with van der Waals surface area (Å²) in [6, 6.07) is 0. The second kappa shape index (κ2) is 2.87. The molecule has 1 aromatic heterocycles. The van der Waals surface area contributed by atoms with Crippen LogP contribution in [0, 0.1) is 12.8 Å². The minimum Gasteiger partial charge on any atom is -0.316 e. The Bertz CT molecular complexity index is 242. The van der Waals surface area contributed by atoms with Crippen molar-refractivity contribution in [3.05, 3.63) is 10.6 Å². The minimum atomic E-state index is 0.830. The topological polar surface area (TPSA) is 37.8 Å². The Labute approximate surface area is 70.0 Å². The summed E-state index contributed by atoms with van der Waals surface area (Å²) in [5.41, 5.74) is 1.11. The van der Waals surface area contributed by atoms with E-state index in [-0.39, 0.29) is 0 Å². The zero-order valence-corrected chi connectivity index (χ0v) is 7.32. The average Bonchev–Trinajstić information content (AvgIpc) is 2.27. The molecular formula is C7H11N3S. The number of hydrogen-bond acceptors (Lipinski definition) is 4. The van der Waals surface area contributed by atoms with E-state index in [1.165, 1.54) is 16.4 Å². The highest BCUT2D eigenvalue weighted by Gasteiger charge is 2.18. The largest absolute Gasteiger partial charge is 0.316 e. The normalized spacial score (nSPS) is 18.3. The fourth-order valence-electron chi connectivity index (χ4n) is 1.19. The molecule has 0 unspecified atom stereocenters. The molecule has 11 heavy (non-hydrogen) atoms. The molecule has 1 aromatic rings. The van der Waals surface area contributed by atoms with Crippen molar-refractivity contribution in [3.63, 3.8) is 0 Å². The summed E-state index contributed by atoms with van der Waals surface area (Å²) in [6.07, 6.45) is 1.16. The molecule has 4 heteroatoms. The zero-order chi connectivity index (χ0) is 7.68. The van der Waals surface area contributed by atoms with Crippen LogP contribution >= 0.6 is 11.5 Å². The Balaban J connectivity index is 1.99. The number of rotatable bonds is 2. The lowest BCUT2D eigenvalue weighted by atomic mass is 9.98. The highest BCUT2D eigenvalue weighted by Crippen LogP contribution is 2.17. The maximum atomic E-state index is 3.98. The molecule has 1 fully saturated rings. The van der Waals surface area contributed by atoms with Crippen molar-refractivity contribution in [2.24, 2.45) is 5.92 Å². The lowest BCUT2D eigenvalue weighted by Gasteiger charge is -2.26. The van der Waals surface area contributed by atoms with Crippen molar-refractivity contribution >= 4 is 11.5 Å². The number of nitrogens with zero attached hydrogens (tertiary/aromatic N) is 2. The van der Waals surface area contributed by atoms with E-state index in [1.54, 1.807) is 0 Å². The van der Waals surface area contributed by atoms with Crippen molar-refractivity contribution in [3.8, 4) is 0 Å². The van der Waals surface area contributed by atoms with Gasteiger partial charge in [0, 0.05) is 4.88 Å². The first-order valence-electron chi connectivity index (χ1n) is 3.85. The van der Waals surface area contributed by atoms with Crippen LogP contribution in [0.2, 0.25) is 0 Å². The maximum absolute atomic E-state index is 3.98. The second-order valence-corrected chi connectivity index (χ2v) is 3.85. The Kier molecular flexibility index (Phi) is 1.87. The molecule has 0 spiro atoms. The number of aryl methyl sites for hydroxylation is 1. The Morgan fingerprint density at radius 3 is 2.91 bits per heavy atom. The fraction of sp³-hybridized carbons (Fsp3) is 0.714. The van der Waals surface area contributed by atoms with Crippen LogP contribution in [-0.2, 0) is 6.42 Å². The molecule has 3 nitrogen and oxygen atoms in total. The molecule has 1 aliphatic rings. The van der Waals surface area contributed by atoms with Gasteiger partial charge in [0.25, 0.3) is 0 Å². The van der Waals surface area contributed by atoms with Crippen molar-refractivity contribution in [1.82, 2.24) is 14.9 Å². The van der Waals surface area contributed by atoms with Crippen LogP contribution in [0.1, 0.15) is 10.6 Å². The van der Waals surface area contributed by atoms with E-state index < -0.39 is 0 Å². The summed E-state index contributed by atoms with van der Waals surface area (Å²) in [6.45, 7) is 4.36. The number of nitrogens with one attached hydrogen (secondary N) is 1. The zero-order valence-electron chi connectivity index (χ0n) is 6.50. The van der Waals surface area contributed by atoms with Gasteiger partial charge in [0.05, 0.1) is 5.69 Å². The predicted molar refractivity (Wildman–Crippen MR) is 44.7 cm³/mol. The molecule has 1 aliphatic heterocycles. The average molecular weight is 169 g/mol. The van der Waals surface area contributed by atoms with E-state index in [0.29, 0.717) is 0 Å². The first kappa shape index (κ1) is 7.18. The monoisotopic (exact) mass is 169 g/mol. The molecule has 0 bridgehead atoms. The summed E-state index contributed by atoms with van der Waals surface area (Å²) < 4.78 is 3.90. The van der Waals surface area contributed by atoms with Crippen LogP contribution in [0.3, 0.4) is 0 Å². The Morgan fingerprint density at radius 1 is 1.64 bits per heavy atom. The Hall–Kier alpha value is -0.480. The van der Waals surface area contributed by atoms with Crippen molar-refractivity contribution in [2.75, 3.05) is 13.1 Å². The molecule has 0 saturated carbocycles. The lowest BCUT2D eigenvalue weighted by molar-refractivity contribution is 0.348. The van der Waals surface area contributed by atoms with Crippen molar-refractivity contribution < 1.29 is 0 Å². The molecule has 0 aliphatic carbocycles. The van der Waals surface area contributed by atoms with E-state index in [4.69, 9.17) is 0 Å². The van der Waals surface area contributed by atoms with E-state index in [2.05, 4.69) is 14.9 Å². The van der Waals surface area contributed by atoms with Crippen LogP contribution in [0.5, 0.6) is 0 Å². The van der Waals surface area contributed by atoms with E-state index in [0.717, 1.165) is 31.1 Å². The Morgan fingerprint density at radius 2 is 2.45 bits per heavy atom. The first-order valence-corrected chi connectivity index (χ1v) is 4.62. The summed E-state index contributed by atoms with van der Waals surface area (Å²) in [7, 11) is 0. The van der Waals surface area contributed by atoms with Crippen LogP contribution < -0.4 is 5.32 Å². The highest BCUT2D eigenvalue weighted by atomic mass is 32.1. The summed E-state index contributed by atoms with van der Waals surface area (Å²) in [4.78, 5) is 1.36. The van der Waals surface area contributed by atoms with Crippen LogP contribution in [0.25, 0.3) is 0 Å². The molecule has 1 N–H and O–H groups in total. The number of hydrogen-bond donors (Lipinski definition) is 1. The third kappa shape index (κ3) is 1.41. The fourth-order valence-corrected chi connectivity index (χ4v) is 1.94. The van der Waals surface area contributed by atoms with Gasteiger partial charge in [-0.05, 0) is 43.9 Å². The van der Waals surface area contributed by atoms with Crippen molar-refractivity contribution in [2.45, 2.75) is 13.3 Å². The summed E-state index contributed by atoms with van der Waals surface area (Å²) in [5, 5.41) is 7.23. The van der Waals surface area contributed by atoms with Gasteiger partial charge < -0.3 is 5.32 Å². The molecule has 1 saturated heterocycles. The quantitative estimate of drug-likeness (QED) is 0.705. The van der Waals surface area contributed by atoms with Gasteiger partial charge in [-0.3, -0.25) is 0 Å². The molecule has 0 amide bonds. The SMILES string of the molecule is Cc1nnsc1CC1CNC1. The van der Waals surface area contributed by atoms with Gasteiger partial charge in [-0.1, -0.05) is 4.49 Å². The highest BCUT2D eigenvalue weighted by molar-refractivity contribution is 7.05. The van der Waals surface area contributed by atoms with Gasteiger partial charge >= 0.3 is 0 Å². The predicted octanol–water partition coefficient (Wildman–Crippen LogP) is 0.608. The van der Waals surface area contributed by atoms with Gasteiger partial charge in [-0.2, -0.15) is 0 Å². The summed E-state index contributed by atoms with van der Waals surface area (Å²) >= 11 is 1.54. The molecule has 2 rings (SSSR count). The first-order chi connectivity index (χ1) is 5.36. The van der Waals surface area contributed by atoms with Gasteiger partial charge in [-0.15, -0.1) is 5.10 Å². The van der Waals surface area contributed by atoms with E-state index >= 15 is 0 Å². The van der Waals surface area contributed by atoms with Crippen molar-refractivity contribution in [1.29, 1.82) is 0 Å². The second-order valence-electron chi connectivity index (χ2n) is 3.01. The van der Waals surface area contributed by atoms with Gasteiger partial charge in [-0.25, -0.2) is 0 Å². The number of aromatic nitrogens is 2. The summed E-state index contributed by atoms with van der Waals surface area (Å²) in [5.74, 6) is 0.830. The molecule has 60 valence electrons. The maximum Gasteiger partial charge on any atom is 0.0756 e. The molecule has 0 aromatic carbocycles. The molecular weight excluding hydrogens is 158 g/mol. The van der Waals surface area contributed by atoms with Crippen LogP contribution in [0.15, 0.2) is 0 Å². The molecule has 2 heterocycles. The van der Waals surface area contributed by atoms with Gasteiger partial charge in [0.15, 0.2) is 0 Å². The molecule has 0 radical (unpaired) electrons. The molecule has 0 atom stereocenters. The third-order valence-electron chi connectivity index (χ3n) is 2.09. The lowest BCUT2D eigenvalue weighted by Crippen LogP contribution is -2.43.